The Morgan fingerprint density at radius 2 is 2.32 bits per heavy atom. The van der Waals surface area contributed by atoms with Crippen LogP contribution in [0.5, 0.6) is 0 Å². The van der Waals surface area contributed by atoms with Gasteiger partial charge in [0.15, 0.2) is 5.82 Å². The summed E-state index contributed by atoms with van der Waals surface area (Å²) in [4.78, 5) is 15.1. The van der Waals surface area contributed by atoms with E-state index in [2.05, 4.69) is 10.1 Å². The van der Waals surface area contributed by atoms with E-state index >= 15 is 0 Å². The lowest BCUT2D eigenvalue weighted by atomic mass is 9.99. The molecule has 2 aromatic heterocycles. The molecule has 0 spiro atoms. The number of hydrogen-bond acceptors (Lipinski definition) is 6. The minimum Gasteiger partial charge on any atom is -0.478 e. The number of aromatic carboxylic acids is 1. The topological polar surface area (TPSA) is 123 Å². The molecule has 0 bridgehead atoms. The molecule has 0 amide bonds. The van der Waals surface area contributed by atoms with Gasteiger partial charge in [-0.05, 0) is 6.07 Å². The molecule has 3 heterocycles. The lowest BCUT2D eigenvalue weighted by molar-refractivity contribution is -0.00713. The molecule has 4 atom stereocenters. The van der Waals surface area contributed by atoms with Crippen molar-refractivity contribution in [1.82, 2.24) is 14.6 Å². The third-order valence-electron chi connectivity index (χ3n) is 4.01. The predicted octanol–water partition coefficient (Wildman–Crippen LogP) is 0.416. The smallest absolute Gasteiger partial charge is 0.338 e. The average molecular weight is 310 g/mol. The van der Waals surface area contributed by atoms with Crippen LogP contribution in [0, 0.1) is 5.92 Å². The molecule has 3 rings (SSSR count). The van der Waals surface area contributed by atoms with Crippen molar-refractivity contribution < 1.29 is 24.1 Å². The van der Waals surface area contributed by atoms with E-state index in [9.17, 15) is 19.4 Å². The van der Waals surface area contributed by atoms with Crippen LogP contribution in [0.25, 0.3) is 5.52 Å². The third kappa shape index (κ3) is 2.01. The summed E-state index contributed by atoms with van der Waals surface area (Å²) >= 11 is 0. The fourth-order valence-electron chi connectivity index (χ4n) is 2.77. The Hall–Kier alpha value is -2.26. The van der Waals surface area contributed by atoms with Crippen LogP contribution in [-0.2, 0) is 4.74 Å². The molecule has 1 aliphatic heterocycles. The zero-order valence-electron chi connectivity index (χ0n) is 11.7. The quantitative estimate of drug-likeness (QED) is 0.750. The van der Waals surface area contributed by atoms with Gasteiger partial charge in [0.25, 0.3) is 0 Å². The van der Waals surface area contributed by atoms with Crippen molar-refractivity contribution in [3.63, 3.8) is 0 Å². The number of nitrogens with zero attached hydrogens (tertiary/aromatic N) is 3. The molecule has 9 heteroatoms. The molecule has 0 aliphatic carbocycles. The maximum atomic E-state index is 14.5. The first-order valence-electron chi connectivity index (χ1n) is 6.71. The molecule has 8 nitrogen and oxygen atoms in total. The molecule has 118 valence electrons. The number of fused-ring (bicyclic) bond motifs is 1. The third-order valence-corrected chi connectivity index (χ3v) is 4.01. The summed E-state index contributed by atoms with van der Waals surface area (Å²) in [6, 6.07) is 1.28. The highest BCUT2D eigenvalue weighted by atomic mass is 19.1. The van der Waals surface area contributed by atoms with Crippen LogP contribution in [0.2, 0.25) is 0 Å². The van der Waals surface area contributed by atoms with Crippen LogP contribution >= 0.6 is 0 Å². The maximum Gasteiger partial charge on any atom is 0.338 e. The van der Waals surface area contributed by atoms with Crippen molar-refractivity contribution in [2.45, 2.75) is 25.3 Å². The van der Waals surface area contributed by atoms with Gasteiger partial charge in [-0.25, -0.2) is 18.7 Å². The SMILES string of the molecule is C[C@H]1[C@@H](F)[C@H](c2cc(C(=O)O)c3c(N)ncnn23)O[C@@H]1CO. The summed E-state index contributed by atoms with van der Waals surface area (Å²) in [6.45, 7) is 1.31. The van der Waals surface area contributed by atoms with Gasteiger partial charge < -0.3 is 20.7 Å². The molecule has 0 aromatic carbocycles. The molecule has 4 N–H and O–H groups in total. The van der Waals surface area contributed by atoms with Gasteiger partial charge in [0.1, 0.15) is 24.1 Å². The molecule has 0 unspecified atom stereocenters. The first-order valence-corrected chi connectivity index (χ1v) is 6.71. The van der Waals surface area contributed by atoms with Gasteiger partial charge in [-0.2, -0.15) is 5.10 Å². The number of nitrogens with two attached hydrogens (primary N) is 1. The molecule has 0 saturated carbocycles. The molecule has 1 fully saturated rings. The van der Waals surface area contributed by atoms with Gasteiger partial charge in [0.05, 0.1) is 24.0 Å². The zero-order chi connectivity index (χ0) is 16.0. The maximum absolute atomic E-state index is 14.5. The molecule has 2 aromatic rings. The molecular weight excluding hydrogens is 295 g/mol. The number of carboxylic acid groups (broad SMARTS) is 1. The highest BCUT2D eigenvalue weighted by molar-refractivity contribution is 5.99. The van der Waals surface area contributed by atoms with Gasteiger partial charge in [-0.3, -0.25) is 0 Å². The fourth-order valence-corrected chi connectivity index (χ4v) is 2.77. The Bertz CT molecular complexity index is 734. The van der Waals surface area contributed by atoms with Gasteiger partial charge in [0.2, 0.25) is 0 Å². The Kier molecular flexibility index (Phi) is 3.45. The first-order chi connectivity index (χ1) is 10.5. The number of aliphatic hydroxyl groups excluding tert-OH is 1. The van der Waals surface area contributed by atoms with Crippen molar-refractivity contribution >= 4 is 17.3 Å². The second kappa shape index (κ2) is 5.18. The summed E-state index contributed by atoms with van der Waals surface area (Å²) < 4.78 is 21.2. The van der Waals surface area contributed by atoms with E-state index in [1.807, 2.05) is 0 Å². The summed E-state index contributed by atoms with van der Waals surface area (Å²) in [5.74, 6) is -1.75. The summed E-state index contributed by atoms with van der Waals surface area (Å²) in [7, 11) is 0. The highest BCUT2D eigenvalue weighted by Gasteiger charge is 2.44. The number of hydrogen-bond donors (Lipinski definition) is 3. The average Bonchev–Trinajstić information content (AvgIpc) is 3.00. The largest absolute Gasteiger partial charge is 0.478 e. The minimum atomic E-state index is -1.40. The summed E-state index contributed by atoms with van der Waals surface area (Å²) in [5, 5.41) is 22.5. The van der Waals surface area contributed by atoms with E-state index in [-0.39, 0.29) is 29.2 Å². The van der Waals surface area contributed by atoms with Crippen LogP contribution in [0.4, 0.5) is 10.2 Å². The number of aromatic nitrogens is 3. The van der Waals surface area contributed by atoms with Crippen molar-refractivity contribution in [2.24, 2.45) is 5.92 Å². The Labute approximate surface area is 124 Å². The Morgan fingerprint density at radius 3 is 2.91 bits per heavy atom. The van der Waals surface area contributed by atoms with Crippen LogP contribution in [0.1, 0.15) is 29.1 Å². The second-order valence-corrected chi connectivity index (χ2v) is 5.27. The number of carbonyl (C=O) groups is 1. The molecule has 1 aliphatic rings. The molecule has 22 heavy (non-hydrogen) atoms. The van der Waals surface area contributed by atoms with E-state index in [1.165, 1.54) is 10.6 Å². The number of rotatable bonds is 3. The van der Waals surface area contributed by atoms with E-state index in [0.29, 0.717) is 0 Å². The van der Waals surface area contributed by atoms with Gasteiger partial charge in [0, 0.05) is 5.92 Å². The van der Waals surface area contributed by atoms with Gasteiger partial charge in [-0.15, -0.1) is 0 Å². The van der Waals surface area contributed by atoms with Crippen molar-refractivity contribution in [3.8, 4) is 0 Å². The van der Waals surface area contributed by atoms with Gasteiger partial charge >= 0.3 is 5.97 Å². The number of carboxylic acids is 1. The lowest BCUT2D eigenvalue weighted by Gasteiger charge is -2.13. The summed E-state index contributed by atoms with van der Waals surface area (Å²) in [5.41, 5.74) is 5.92. The Morgan fingerprint density at radius 1 is 1.59 bits per heavy atom. The van der Waals surface area contributed by atoms with Gasteiger partial charge in [-0.1, -0.05) is 6.92 Å². The van der Waals surface area contributed by atoms with Crippen LogP contribution < -0.4 is 5.73 Å². The molecular formula is C13H15FN4O4. The number of halogens is 1. The minimum absolute atomic E-state index is 0.0150. The predicted molar refractivity (Wildman–Crippen MR) is 73.1 cm³/mol. The second-order valence-electron chi connectivity index (χ2n) is 5.27. The highest BCUT2D eigenvalue weighted by Crippen LogP contribution is 2.40. The van der Waals surface area contributed by atoms with E-state index < -0.39 is 30.3 Å². The van der Waals surface area contributed by atoms with Crippen molar-refractivity contribution in [1.29, 1.82) is 0 Å². The fraction of sp³-hybridized carbons (Fsp3) is 0.462. The van der Waals surface area contributed by atoms with E-state index in [1.54, 1.807) is 6.92 Å². The monoisotopic (exact) mass is 310 g/mol. The standard InChI is InChI=1S/C13H15FN4O4/c1-5-8(3-19)22-11(9(5)14)7-2-6(13(20)21)10-12(15)16-4-17-18(7)10/h2,4-5,8-9,11,19H,3H2,1H3,(H,20,21)(H2,15,16,17)/t5-,8-,9-,11+/m1/s1. The van der Waals surface area contributed by atoms with Crippen molar-refractivity contribution in [2.75, 3.05) is 12.3 Å². The Balaban J connectivity index is 2.16. The van der Waals surface area contributed by atoms with Crippen LogP contribution in [0.3, 0.4) is 0 Å². The van der Waals surface area contributed by atoms with Crippen molar-refractivity contribution in [3.05, 3.63) is 23.7 Å². The molecule has 1 saturated heterocycles. The van der Waals surface area contributed by atoms with Crippen LogP contribution in [-0.4, -0.2) is 49.7 Å². The number of alkyl halides is 1. The normalized spacial score (nSPS) is 28.3. The van der Waals surface area contributed by atoms with E-state index in [0.717, 1.165) is 6.33 Å². The first kappa shape index (κ1) is 14.7. The number of anilines is 1. The lowest BCUT2D eigenvalue weighted by Crippen LogP contribution is -2.21. The molecule has 0 radical (unpaired) electrons. The van der Waals surface area contributed by atoms with E-state index in [4.69, 9.17) is 10.5 Å². The van der Waals surface area contributed by atoms with Crippen LogP contribution in [0.15, 0.2) is 12.4 Å². The number of nitrogen functional groups attached to an aromatic ring is 1. The zero-order valence-corrected chi connectivity index (χ0v) is 11.7. The number of aliphatic hydroxyl groups is 1. The summed E-state index contributed by atoms with van der Waals surface area (Å²) in [6.07, 6.45) is -1.92. The number of ether oxygens (including phenoxy) is 1.